The van der Waals surface area contributed by atoms with Gasteiger partial charge >= 0.3 is 0 Å². The highest BCUT2D eigenvalue weighted by molar-refractivity contribution is 4.79. The summed E-state index contributed by atoms with van der Waals surface area (Å²) in [6, 6.07) is 0. The fourth-order valence-electron chi connectivity index (χ4n) is 6.50. The van der Waals surface area contributed by atoms with Crippen LogP contribution in [0.2, 0.25) is 0 Å². The molecule has 0 spiro atoms. The molecule has 2 heterocycles. The van der Waals surface area contributed by atoms with Gasteiger partial charge in [0.05, 0.1) is 292 Å². The standard InChI is InChI=1S/C54H104N4O21/c1-53-55(3)5-7-57(53)9-11-59-13-15-61-17-19-63-21-23-65-25-27-67-29-31-69-33-35-71-37-39-73-41-43-75-45-47-77-49-51-79-52-50-78-48-46-76-44-42-74-40-38-72-36-34-70-32-30-68-28-26-66-24-22-64-20-18-62-16-14-60-12-10-58-8-6-56(4)54(58)2/h5-8H,9-52H2,1-4H3/q+2. The minimum atomic E-state index is 0.490. The Hall–Kier alpha value is -2.42. The third-order valence-corrected chi connectivity index (χ3v) is 11.2. The summed E-state index contributed by atoms with van der Waals surface area (Å²) >= 11 is 0. The van der Waals surface area contributed by atoms with E-state index in [-0.39, 0.29) is 0 Å². The van der Waals surface area contributed by atoms with Crippen LogP contribution in [0.4, 0.5) is 0 Å². The number of ether oxygens (including phenoxy) is 21. The minimum absolute atomic E-state index is 0.490. The molecule has 0 amide bonds. The molecule has 0 saturated heterocycles. The van der Waals surface area contributed by atoms with Crippen LogP contribution in [0.15, 0.2) is 24.8 Å². The molecule has 2 rings (SSSR count). The monoisotopic (exact) mass is 1140 g/mol. The lowest BCUT2D eigenvalue weighted by Gasteiger charge is -2.09. The van der Waals surface area contributed by atoms with E-state index in [0.717, 1.165) is 13.1 Å². The molecule has 0 aliphatic rings. The fraction of sp³-hybridized carbons (Fsp3) is 0.889. The van der Waals surface area contributed by atoms with E-state index in [1.54, 1.807) is 0 Å². The Morgan fingerprint density at radius 3 is 0.430 bits per heavy atom. The van der Waals surface area contributed by atoms with Crippen LogP contribution in [0.1, 0.15) is 11.6 Å². The van der Waals surface area contributed by atoms with E-state index in [1.807, 2.05) is 26.5 Å². The van der Waals surface area contributed by atoms with Gasteiger partial charge in [0.15, 0.2) is 0 Å². The summed E-state index contributed by atoms with van der Waals surface area (Å²) < 4.78 is 125. The molecule has 0 fully saturated rings. The molecule has 0 radical (unpaired) electrons. The van der Waals surface area contributed by atoms with Crippen LogP contribution in [0.5, 0.6) is 0 Å². The molecule has 0 unspecified atom stereocenters. The molecule has 25 heteroatoms. The Morgan fingerprint density at radius 2 is 0.329 bits per heavy atom. The van der Waals surface area contributed by atoms with Crippen molar-refractivity contribution in [2.75, 3.05) is 277 Å². The molecule has 464 valence electrons. The lowest BCUT2D eigenvalue weighted by Crippen LogP contribution is -2.30. The minimum Gasteiger partial charge on any atom is -0.377 e. The molecule has 0 aliphatic carbocycles. The molecule has 79 heavy (non-hydrogen) atoms. The third-order valence-electron chi connectivity index (χ3n) is 11.2. The zero-order valence-corrected chi connectivity index (χ0v) is 48.8. The average Bonchev–Trinajstić information content (AvgIpc) is 3.96. The Morgan fingerprint density at radius 1 is 0.215 bits per heavy atom. The van der Waals surface area contributed by atoms with E-state index in [4.69, 9.17) is 99.5 Å². The van der Waals surface area contributed by atoms with Crippen molar-refractivity contribution in [3.05, 3.63) is 36.4 Å². The van der Waals surface area contributed by atoms with E-state index in [1.165, 1.54) is 11.6 Å². The highest BCUT2D eigenvalue weighted by atomic mass is 16.6. The van der Waals surface area contributed by atoms with Crippen molar-refractivity contribution in [1.82, 2.24) is 9.13 Å². The molecule has 0 N–H and O–H groups in total. The van der Waals surface area contributed by atoms with Gasteiger partial charge in [-0.2, -0.15) is 0 Å². The molecule has 25 nitrogen and oxygen atoms in total. The Bertz CT molecular complexity index is 1430. The summed E-state index contributed by atoms with van der Waals surface area (Å²) in [7, 11) is 4.06. The number of aromatic nitrogens is 4. The highest BCUT2D eigenvalue weighted by Crippen LogP contribution is 1.96. The Balaban J connectivity index is 1.09. The molecule has 2 aromatic rings. The molecule has 0 bridgehead atoms. The summed E-state index contributed by atoms with van der Waals surface area (Å²) in [6.07, 6.45) is 8.19. The number of imidazole rings is 2. The molecule has 0 aliphatic heterocycles. The van der Waals surface area contributed by atoms with Crippen LogP contribution in [0.25, 0.3) is 0 Å². The van der Waals surface area contributed by atoms with Gasteiger partial charge in [0.2, 0.25) is 0 Å². The predicted octanol–water partition coefficient (Wildman–Crippen LogP) is 0.604. The first kappa shape index (κ1) is 72.7. The van der Waals surface area contributed by atoms with E-state index in [0.29, 0.717) is 277 Å². The van der Waals surface area contributed by atoms with Crippen molar-refractivity contribution in [3.63, 3.8) is 0 Å². The maximum Gasteiger partial charge on any atom is 0.253 e. The quantitative estimate of drug-likeness (QED) is 0.0656. The van der Waals surface area contributed by atoms with E-state index >= 15 is 0 Å². The van der Waals surface area contributed by atoms with Gasteiger partial charge in [0, 0.05) is 13.8 Å². The largest absolute Gasteiger partial charge is 0.377 e. The first-order valence-corrected chi connectivity index (χ1v) is 28.2. The number of hydrogen-bond acceptors (Lipinski definition) is 21. The van der Waals surface area contributed by atoms with Crippen LogP contribution in [-0.4, -0.2) is 287 Å². The van der Waals surface area contributed by atoms with Gasteiger partial charge in [-0.1, -0.05) is 0 Å². The SMILES string of the molecule is Cc1n(CCOCCOCCOCCOCCOCCOCCOCCOCCOCCOCCOCCOCCOCCOCCOCCOCCOCCOCCOCCOCCOCCn2cc[n+](C)c2C)cc[n+]1C. The molecule has 0 aromatic carbocycles. The zero-order valence-electron chi connectivity index (χ0n) is 48.8. The zero-order chi connectivity index (χ0) is 56.3. The molecular weight excluding hydrogens is 1040 g/mol. The number of nitrogens with zero attached hydrogens (tertiary/aromatic N) is 4. The van der Waals surface area contributed by atoms with Gasteiger partial charge in [-0.25, -0.2) is 18.3 Å². The predicted molar refractivity (Wildman–Crippen MR) is 288 cm³/mol. The lowest BCUT2D eigenvalue weighted by molar-refractivity contribution is -0.677. The maximum atomic E-state index is 5.63. The first-order valence-electron chi connectivity index (χ1n) is 28.2. The van der Waals surface area contributed by atoms with Crippen LogP contribution in [0.3, 0.4) is 0 Å². The topological polar surface area (TPSA) is 211 Å². The van der Waals surface area contributed by atoms with Crippen molar-refractivity contribution in [1.29, 1.82) is 0 Å². The first-order chi connectivity index (χ1) is 39.1. The second-order valence-corrected chi connectivity index (χ2v) is 17.2. The maximum absolute atomic E-state index is 5.63. The van der Waals surface area contributed by atoms with Gasteiger partial charge in [-0.3, -0.25) is 0 Å². The van der Waals surface area contributed by atoms with Gasteiger partial charge in [0.25, 0.3) is 11.6 Å². The van der Waals surface area contributed by atoms with E-state index in [2.05, 4.69) is 44.5 Å². The van der Waals surface area contributed by atoms with Crippen molar-refractivity contribution >= 4 is 0 Å². The summed E-state index contributed by atoms with van der Waals surface area (Å²) in [5.41, 5.74) is 0. The smallest absolute Gasteiger partial charge is 0.253 e. The normalized spacial score (nSPS) is 11.8. The van der Waals surface area contributed by atoms with Gasteiger partial charge in [0.1, 0.15) is 37.9 Å². The van der Waals surface area contributed by atoms with Crippen molar-refractivity contribution in [2.45, 2.75) is 26.9 Å². The Labute approximate surface area is 471 Å². The molecule has 0 saturated carbocycles. The van der Waals surface area contributed by atoms with Gasteiger partial charge in [-0.05, 0) is 0 Å². The highest BCUT2D eigenvalue weighted by Gasteiger charge is 2.09. The summed E-state index contributed by atoms with van der Waals surface area (Å²) in [5.74, 6) is 2.40. The van der Waals surface area contributed by atoms with Gasteiger partial charge in [-0.15, -0.1) is 0 Å². The second-order valence-electron chi connectivity index (χ2n) is 17.2. The van der Waals surface area contributed by atoms with E-state index < -0.39 is 0 Å². The molecule has 0 atom stereocenters. The number of rotatable bonds is 66. The van der Waals surface area contributed by atoms with Crippen LogP contribution < -0.4 is 9.13 Å². The lowest BCUT2D eigenvalue weighted by atomic mass is 10.6. The van der Waals surface area contributed by atoms with E-state index in [9.17, 15) is 0 Å². The molecular formula is C54H104N4O21+2. The van der Waals surface area contributed by atoms with Crippen molar-refractivity contribution in [2.24, 2.45) is 14.1 Å². The van der Waals surface area contributed by atoms with Crippen LogP contribution >= 0.6 is 0 Å². The second kappa shape index (κ2) is 58.8. The van der Waals surface area contributed by atoms with Crippen LogP contribution in [0, 0.1) is 13.8 Å². The number of hydrogen-bond donors (Lipinski definition) is 0. The van der Waals surface area contributed by atoms with Crippen molar-refractivity contribution < 1.29 is 109 Å². The summed E-state index contributed by atoms with van der Waals surface area (Å²) in [4.78, 5) is 0. The van der Waals surface area contributed by atoms with Gasteiger partial charge < -0.3 is 99.5 Å². The summed E-state index contributed by atoms with van der Waals surface area (Å²) in [6.45, 7) is 27.4. The average molecular weight is 1150 g/mol. The van der Waals surface area contributed by atoms with Crippen molar-refractivity contribution in [3.8, 4) is 0 Å². The fourth-order valence-corrected chi connectivity index (χ4v) is 6.50. The Kier molecular flexibility index (Phi) is 54.1. The van der Waals surface area contributed by atoms with Crippen LogP contribution in [-0.2, 0) is 127 Å². The third kappa shape index (κ3) is 48.8. The number of aryl methyl sites for hydroxylation is 2. The molecule has 2 aromatic heterocycles. The summed E-state index contributed by atoms with van der Waals surface area (Å²) in [5, 5.41) is 0.